The number of hydrogen-bond acceptors (Lipinski definition) is 18. The zero-order valence-corrected chi connectivity index (χ0v) is 53.3. The predicted molar refractivity (Wildman–Crippen MR) is 307 cm³/mol. The number of nitrogens with zero attached hydrogens (tertiary/aromatic N) is 3. The molecule has 0 saturated carbocycles. The van der Waals surface area contributed by atoms with E-state index in [9.17, 15) is 41.5 Å². The van der Waals surface area contributed by atoms with E-state index in [4.69, 9.17) is 0 Å². The molecule has 0 N–H and O–H groups in total. The second-order valence-electron chi connectivity index (χ2n) is 10.8. The number of azo groups is 1. The monoisotopic (exact) mass is 1110 g/mol. The van der Waals surface area contributed by atoms with Crippen molar-refractivity contribution >= 4 is 82.1 Å². The second kappa shape index (κ2) is 132. The molecule has 0 unspecified atom stereocenters. The lowest BCUT2D eigenvalue weighted by Gasteiger charge is -2.03. The molecular formula is C48H107F4N3O11S4. The van der Waals surface area contributed by atoms with Gasteiger partial charge in [0.2, 0.25) is 0 Å². The van der Waals surface area contributed by atoms with Crippen molar-refractivity contribution in [2.45, 2.75) is 142 Å². The molecule has 0 aromatic rings. The Hall–Kier alpha value is -2.68. The van der Waals surface area contributed by atoms with Crippen LogP contribution in [0.5, 0.6) is 0 Å². The van der Waals surface area contributed by atoms with Crippen LogP contribution in [0.3, 0.4) is 0 Å². The maximum atomic E-state index is 11.4. The molecule has 0 rings (SSSR count). The summed E-state index contributed by atoms with van der Waals surface area (Å²) >= 11 is 5.40. The Kier molecular flexibility index (Phi) is 212. The number of alkyl halides is 4. The van der Waals surface area contributed by atoms with E-state index >= 15 is 0 Å². The minimum Gasteiger partial charge on any atom is -0.469 e. The minimum absolute atomic E-state index is 0.167. The van der Waals surface area contributed by atoms with Gasteiger partial charge in [-0.25, -0.2) is 4.79 Å². The first-order valence-electron chi connectivity index (χ1n) is 21.0. The van der Waals surface area contributed by atoms with Gasteiger partial charge in [-0.3, -0.25) is 9.59 Å². The van der Waals surface area contributed by atoms with Gasteiger partial charge in [0.1, 0.15) is 11.6 Å². The molecule has 0 spiro atoms. The molecule has 0 bridgehead atoms. The third-order valence-corrected chi connectivity index (χ3v) is 5.61. The summed E-state index contributed by atoms with van der Waals surface area (Å²) in [6.07, 6.45) is 13.4. The van der Waals surface area contributed by atoms with Gasteiger partial charge in [-0.05, 0) is 106 Å². The molecule has 0 atom stereocenters. The Labute approximate surface area is 445 Å². The van der Waals surface area contributed by atoms with Crippen LogP contribution in [0.4, 0.5) is 22.4 Å². The highest BCUT2D eigenvalue weighted by atomic mass is 32.2. The minimum atomic E-state index is -2.96. The Morgan fingerprint density at radius 3 is 0.829 bits per heavy atom. The van der Waals surface area contributed by atoms with E-state index in [2.05, 4.69) is 82.5 Å². The van der Waals surface area contributed by atoms with Crippen LogP contribution in [0.2, 0.25) is 0 Å². The van der Waals surface area contributed by atoms with E-state index in [1.165, 1.54) is 72.3 Å². The number of ether oxygens (including phenoxy) is 6. The molecule has 0 fully saturated rings. The first kappa shape index (κ1) is 112. The molecule has 70 heavy (non-hydrogen) atoms. The number of esters is 1. The highest BCUT2D eigenvalue weighted by Crippen LogP contribution is 2.23. The lowest BCUT2D eigenvalue weighted by atomic mass is 10.4. The Balaban J connectivity index is -0.0000000319. The van der Waals surface area contributed by atoms with Crippen molar-refractivity contribution in [1.82, 2.24) is 0 Å². The summed E-state index contributed by atoms with van der Waals surface area (Å²) in [6.45, 7) is 29.7. The lowest BCUT2D eigenvalue weighted by molar-refractivity contribution is -0.205. The Bertz CT molecular complexity index is 937. The van der Waals surface area contributed by atoms with Crippen molar-refractivity contribution in [1.29, 1.82) is 0 Å². The van der Waals surface area contributed by atoms with Gasteiger partial charge < -0.3 is 43.0 Å². The molecule has 14 nitrogen and oxygen atoms in total. The summed E-state index contributed by atoms with van der Waals surface area (Å²) in [5, 5.41) is 4.35. The number of methoxy groups -OCH3 is 6. The van der Waals surface area contributed by atoms with Gasteiger partial charge in [0.15, 0.2) is 5.12 Å². The smallest absolute Gasteiger partial charge is 0.469 e. The second-order valence-corrected chi connectivity index (χ2v) is 14.9. The van der Waals surface area contributed by atoms with E-state index in [1.807, 2.05) is 84.9 Å². The number of carbonyl (C=O) groups is 5. The van der Waals surface area contributed by atoms with Crippen molar-refractivity contribution < 1.29 is 70.0 Å². The average molecular weight is 1110 g/mol. The van der Waals surface area contributed by atoms with Crippen molar-refractivity contribution in [2.75, 3.05) is 115 Å². The molecule has 0 aliphatic carbocycles. The quantitative estimate of drug-likeness (QED) is 0.0634. The van der Waals surface area contributed by atoms with Gasteiger partial charge >= 0.3 is 18.2 Å². The maximum absolute atomic E-state index is 11.4. The fraction of sp³-hybridized carbons (Fsp3) is 0.792. The summed E-state index contributed by atoms with van der Waals surface area (Å²) in [5.74, 6) is 6.77. The number of ketones is 2. The molecule has 0 aliphatic heterocycles. The topological polar surface area (TPSA) is 178 Å². The van der Waals surface area contributed by atoms with Crippen LogP contribution in [0.15, 0.2) is 27.4 Å². The van der Waals surface area contributed by atoms with E-state index < -0.39 is 17.5 Å². The van der Waals surface area contributed by atoms with Gasteiger partial charge in [-0.15, -0.1) is 11.8 Å². The summed E-state index contributed by atoms with van der Waals surface area (Å²) in [6, 6.07) is 0. The Morgan fingerprint density at radius 2 is 0.829 bits per heavy atom. The highest BCUT2D eigenvalue weighted by molar-refractivity contribution is 8.13. The summed E-state index contributed by atoms with van der Waals surface area (Å²) in [7, 11) is 14.8. The molecule has 0 saturated heterocycles. The van der Waals surface area contributed by atoms with E-state index in [0.717, 1.165) is 20.6 Å². The third kappa shape index (κ3) is 724. The summed E-state index contributed by atoms with van der Waals surface area (Å²) < 4.78 is 69.9. The van der Waals surface area contributed by atoms with Gasteiger partial charge in [-0.1, -0.05) is 69.8 Å². The number of thioether (sulfide) groups is 4. The van der Waals surface area contributed by atoms with Crippen molar-refractivity contribution in [3.63, 3.8) is 0 Å². The van der Waals surface area contributed by atoms with Crippen LogP contribution in [0, 0.1) is 11.8 Å². The number of allylic oxidation sites excluding steroid dienone is 2. The van der Waals surface area contributed by atoms with Crippen LogP contribution < -0.4 is 0 Å². The summed E-state index contributed by atoms with van der Waals surface area (Å²) in [5.41, 5.74) is 0. The molecule has 22 heteroatoms. The lowest BCUT2D eigenvalue weighted by Crippen LogP contribution is -2.10. The van der Waals surface area contributed by atoms with Crippen LogP contribution in [0.1, 0.15) is 131 Å². The van der Waals surface area contributed by atoms with E-state index in [1.54, 1.807) is 80.6 Å². The largest absolute Gasteiger partial charge is 0.507 e. The predicted octanol–water partition coefficient (Wildman–Crippen LogP) is 15.0. The van der Waals surface area contributed by atoms with Crippen LogP contribution >= 0.6 is 47.0 Å². The van der Waals surface area contributed by atoms with Gasteiger partial charge in [0.05, 0.1) is 21.3 Å². The molecule has 0 aromatic carbocycles. The Morgan fingerprint density at radius 1 is 0.643 bits per heavy atom. The fourth-order valence-corrected chi connectivity index (χ4v) is 0.0833. The normalized spacial score (nSPS) is 8.06. The van der Waals surface area contributed by atoms with E-state index in [0.29, 0.717) is 25.1 Å². The highest BCUT2D eigenvalue weighted by Gasteiger charge is 2.17. The SMILES string of the molecule is C/C=C/C.CC#CC.CC(C)=O.CC=NC.CCC.CCC(C)=O.CCOC.CCSC.CN=NC.COC.COC(=O)OC.COC(C)(F)F.COC(C)=O.CSC.CSC(C)(F)F.CSC(C)=O. The molecule has 0 amide bonds. The number of rotatable bonds is 5. The molecule has 0 aromatic heterocycles. The number of carbonyl (C=O) groups excluding carboxylic acids is 5. The number of hydrogen-bond donors (Lipinski definition) is 0. The number of aliphatic imine (C=N–C) groups is 1. The van der Waals surface area contributed by atoms with Crippen LogP contribution in [0.25, 0.3) is 0 Å². The number of Topliss-reactive ketones (excluding diaryl/α,β-unsaturated/α-hetero) is 2. The van der Waals surface area contributed by atoms with Crippen molar-refractivity contribution in [3.05, 3.63) is 12.2 Å². The van der Waals surface area contributed by atoms with Crippen LogP contribution in [-0.4, -0.2) is 161 Å². The molecule has 432 valence electrons. The first-order valence-corrected chi connectivity index (χ1v) is 26.5. The average Bonchev–Trinajstić information content (AvgIpc) is 3.32. The molecule has 0 aliphatic rings. The maximum Gasteiger partial charge on any atom is 0.507 e. The fourth-order valence-electron chi connectivity index (χ4n) is 0.0833. The van der Waals surface area contributed by atoms with Gasteiger partial charge in [0.25, 0.3) is 5.25 Å². The van der Waals surface area contributed by atoms with Gasteiger partial charge in [0, 0.05) is 90.3 Å². The first-order chi connectivity index (χ1) is 32.2. The molecular weight excluding hydrogens is 999 g/mol. The van der Waals surface area contributed by atoms with E-state index in [-0.39, 0.29) is 22.7 Å². The zero-order valence-electron chi connectivity index (χ0n) is 50.0. The molecule has 0 radical (unpaired) electrons. The number of halogens is 4. The van der Waals surface area contributed by atoms with Crippen molar-refractivity contribution in [3.8, 4) is 11.8 Å². The van der Waals surface area contributed by atoms with Gasteiger partial charge in [-0.2, -0.15) is 51.3 Å². The zero-order chi connectivity index (χ0) is 60.4. The standard InChI is InChI=1S/C4H8O.C4H8.C4H6.C3H6F2O.C3H6F2S.C3H7N.C3H6O3.C3H6O2.C3H6OS.C3H8O.C3H6O.C3H8S.C3H8.C2H6N2.C2H6O.C2H6S/c1-3-4(2)5;2*1-3-4-2;2*1-3(4,5)6-2;1-3-4-2;1-5-3(4)6-2;2*1-3(4)5-2;1-3-4-2;1-3(2)4;1-3-4-2;1-3-2;1-3-4-2;2*1-3-2/h3H2,1-2H3;3-4H,1-2H3;1-2H3;2*1-2H3;3H,1-2H3;1-2H3;2*1-2H3;3H2,1-2H3;1-2H3;3H2,1-2H3;3H2,1-2H3;1-2H3;2*1-2H3/b;4-3+;;;;;;;;;;;;;;. The van der Waals surface area contributed by atoms with Crippen LogP contribution in [-0.2, 0) is 47.6 Å². The van der Waals surface area contributed by atoms with Crippen molar-refractivity contribution in [2.24, 2.45) is 15.2 Å². The third-order valence-electron chi connectivity index (χ3n) is 3.74. The molecule has 0 heterocycles. The summed E-state index contributed by atoms with van der Waals surface area (Å²) in [4.78, 5) is 52.0.